The Morgan fingerprint density at radius 3 is 2.69 bits per heavy atom. The zero-order valence-corrected chi connectivity index (χ0v) is 9.47. The van der Waals surface area contributed by atoms with Gasteiger partial charge in [-0.15, -0.1) is 0 Å². The second-order valence-corrected chi connectivity index (χ2v) is 4.41. The van der Waals surface area contributed by atoms with Crippen molar-refractivity contribution in [2.24, 2.45) is 5.92 Å². The fraction of sp³-hybridized carbons (Fsp3) is 0.462. The minimum absolute atomic E-state index is 0.189. The van der Waals surface area contributed by atoms with E-state index in [0.717, 1.165) is 13.0 Å². The lowest BCUT2D eigenvalue weighted by Crippen LogP contribution is -2.26. The van der Waals surface area contributed by atoms with Gasteiger partial charge in [-0.1, -0.05) is 30.3 Å². The standard InChI is InChI=1S/C13H17NO2/c1-10(11-5-3-2-4-6-11)14-8-7-12(9-14)13(15)16/h2-6,10,12H,7-9H2,1H3,(H,15,16)/t10-,12+/m0/s1. The molecule has 0 radical (unpaired) electrons. The summed E-state index contributed by atoms with van der Waals surface area (Å²) in [5, 5.41) is 8.96. The van der Waals surface area contributed by atoms with Crippen molar-refractivity contribution in [2.75, 3.05) is 13.1 Å². The third-order valence-corrected chi connectivity index (χ3v) is 3.40. The lowest BCUT2D eigenvalue weighted by Gasteiger charge is -2.24. The molecule has 0 bridgehead atoms. The number of hydrogen-bond donors (Lipinski definition) is 1. The first-order valence-corrected chi connectivity index (χ1v) is 5.70. The Kier molecular flexibility index (Phi) is 3.25. The van der Waals surface area contributed by atoms with Crippen molar-refractivity contribution in [2.45, 2.75) is 19.4 Å². The minimum atomic E-state index is -0.664. The summed E-state index contributed by atoms with van der Waals surface area (Å²) in [5.41, 5.74) is 1.26. The number of likely N-dealkylation sites (tertiary alicyclic amines) is 1. The maximum Gasteiger partial charge on any atom is 0.307 e. The van der Waals surface area contributed by atoms with Crippen molar-refractivity contribution in [1.29, 1.82) is 0 Å². The van der Waals surface area contributed by atoms with E-state index in [1.807, 2.05) is 18.2 Å². The number of carboxylic acid groups (broad SMARTS) is 1. The van der Waals surface area contributed by atoms with E-state index in [2.05, 4.69) is 24.0 Å². The molecule has 3 heteroatoms. The van der Waals surface area contributed by atoms with Gasteiger partial charge in [0.1, 0.15) is 0 Å². The first kappa shape index (κ1) is 11.1. The Morgan fingerprint density at radius 1 is 1.44 bits per heavy atom. The molecule has 0 unspecified atom stereocenters. The molecule has 0 spiro atoms. The highest BCUT2D eigenvalue weighted by Gasteiger charge is 2.30. The van der Waals surface area contributed by atoms with Gasteiger partial charge in [-0.05, 0) is 25.5 Å². The molecule has 0 saturated carbocycles. The molecule has 1 N–H and O–H groups in total. The van der Waals surface area contributed by atoms with Crippen molar-refractivity contribution in [3.8, 4) is 0 Å². The van der Waals surface area contributed by atoms with Crippen molar-refractivity contribution in [3.63, 3.8) is 0 Å². The number of benzene rings is 1. The number of nitrogens with zero attached hydrogens (tertiary/aromatic N) is 1. The van der Waals surface area contributed by atoms with Gasteiger partial charge in [0.2, 0.25) is 0 Å². The smallest absolute Gasteiger partial charge is 0.307 e. The predicted octanol–water partition coefficient (Wildman–Crippen LogP) is 2.15. The van der Waals surface area contributed by atoms with Crippen LogP contribution in [0, 0.1) is 5.92 Å². The van der Waals surface area contributed by atoms with Gasteiger partial charge in [0, 0.05) is 12.6 Å². The molecular weight excluding hydrogens is 202 g/mol. The van der Waals surface area contributed by atoms with E-state index in [1.165, 1.54) is 5.56 Å². The van der Waals surface area contributed by atoms with E-state index in [4.69, 9.17) is 5.11 Å². The Morgan fingerprint density at radius 2 is 2.12 bits per heavy atom. The molecule has 2 rings (SSSR count). The van der Waals surface area contributed by atoms with E-state index in [9.17, 15) is 4.79 Å². The average molecular weight is 219 g/mol. The molecule has 0 aliphatic carbocycles. The molecule has 16 heavy (non-hydrogen) atoms. The van der Waals surface area contributed by atoms with E-state index >= 15 is 0 Å². The highest BCUT2D eigenvalue weighted by molar-refractivity contribution is 5.70. The van der Waals surface area contributed by atoms with Crippen molar-refractivity contribution < 1.29 is 9.90 Å². The fourth-order valence-corrected chi connectivity index (χ4v) is 2.28. The predicted molar refractivity (Wildman–Crippen MR) is 62.2 cm³/mol. The molecule has 0 amide bonds. The van der Waals surface area contributed by atoms with Crippen molar-refractivity contribution in [1.82, 2.24) is 4.90 Å². The number of rotatable bonds is 3. The highest BCUT2D eigenvalue weighted by atomic mass is 16.4. The van der Waals surface area contributed by atoms with Gasteiger partial charge in [0.05, 0.1) is 5.92 Å². The molecular formula is C13H17NO2. The van der Waals surface area contributed by atoms with Crippen molar-refractivity contribution >= 4 is 5.97 Å². The summed E-state index contributed by atoms with van der Waals surface area (Å²) in [6.07, 6.45) is 0.770. The second kappa shape index (κ2) is 4.66. The molecule has 1 heterocycles. The van der Waals surface area contributed by atoms with Crippen LogP contribution in [0.3, 0.4) is 0 Å². The third kappa shape index (κ3) is 2.25. The lowest BCUT2D eigenvalue weighted by atomic mass is 10.1. The summed E-state index contributed by atoms with van der Waals surface area (Å²) >= 11 is 0. The number of hydrogen-bond acceptors (Lipinski definition) is 2. The largest absolute Gasteiger partial charge is 0.481 e. The van der Waals surface area contributed by atoms with Gasteiger partial charge in [-0.2, -0.15) is 0 Å². The van der Waals surface area contributed by atoms with Crippen LogP contribution >= 0.6 is 0 Å². The van der Waals surface area contributed by atoms with Crippen LogP contribution in [0.5, 0.6) is 0 Å². The monoisotopic (exact) mass is 219 g/mol. The van der Waals surface area contributed by atoms with Crippen molar-refractivity contribution in [3.05, 3.63) is 35.9 Å². The van der Waals surface area contributed by atoms with E-state index in [-0.39, 0.29) is 5.92 Å². The topological polar surface area (TPSA) is 40.5 Å². The van der Waals surface area contributed by atoms with Gasteiger partial charge in [-0.3, -0.25) is 9.69 Å². The Balaban J connectivity index is 2.02. The summed E-state index contributed by atoms with van der Waals surface area (Å²) in [7, 11) is 0. The van der Waals surface area contributed by atoms with Gasteiger partial charge in [0.15, 0.2) is 0 Å². The van der Waals surface area contributed by atoms with Gasteiger partial charge in [0.25, 0.3) is 0 Å². The summed E-state index contributed by atoms with van der Waals surface area (Å²) in [4.78, 5) is 13.1. The van der Waals surface area contributed by atoms with Crippen LogP contribution in [-0.4, -0.2) is 29.1 Å². The van der Waals surface area contributed by atoms with Crippen LogP contribution in [0.1, 0.15) is 24.9 Å². The van der Waals surface area contributed by atoms with Crippen LogP contribution in [0.4, 0.5) is 0 Å². The summed E-state index contributed by atoms with van der Waals surface area (Å²) in [5.74, 6) is -0.853. The molecule has 1 aliphatic rings. The number of aliphatic carboxylic acids is 1. The van der Waals surface area contributed by atoms with Gasteiger partial charge < -0.3 is 5.11 Å². The quantitative estimate of drug-likeness (QED) is 0.846. The van der Waals surface area contributed by atoms with Crippen LogP contribution < -0.4 is 0 Å². The highest BCUT2D eigenvalue weighted by Crippen LogP contribution is 2.27. The fourth-order valence-electron chi connectivity index (χ4n) is 2.28. The average Bonchev–Trinajstić information content (AvgIpc) is 2.78. The molecule has 1 fully saturated rings. The molecule has 2 atom stereocenters. The van der Waals surface area contributed by atoms with E-state index in [1.54, 1.807) is 0 Å². The second-order valence-electron chi connectivity index (χ2n) is 4.41. The molecule has 1 saturated heterocycles. The Bertz CT molecular complexity index is 363. The normalized spacial score (nSPS) is 23.2. The summed E-state index contributed by atoms with van der Waals surface area (Å²) in [6.45, 7) is 3.69. The zero-order chi connectivity index (χ0) is 11.5. The molecule has 86 valence electrons. The van der Waals surface area contributed by atoms with Crippen LogP contribution in [0.25, 0.3) is 0 Å². The number of carboxylic acids is 1. The maximum atomic E-state index is 10.9. The molecule has 0 aromatic heterocycles. The lowest BCUT2D eigenvalue weighted by molar-refractivity contribution is -0.141. The Labute approximate surface area is 95.7 Å². The van der Waals surface area contributed by atoms with E-state index in [0.29, 0.717) is 12.6 Å². The first-order chi connectivity index (χ1) is 7.68. The SMILES string of the molecule is C[C@@H](c1ccccc1)N1CC[C@@H](C(=O)O)C1. The van der Waals surface area contributed by atoms with Gasteiger partial charge in [-0.25, -0.2) is 0 Å². The Hall–Kier alpha value is -1.35. The summed E-state index contributed by atoms with van der Waals surface area (Å²) < 4.78 is 0. The first-order valence-electron chi connectivity index (χ1n) is 5.70. The maximum absolute atomic E-state index is 10.9. The van der Waals surface area contributed by atoms with E-state index < -0.39 is 5.97 Å². The molecule has 1 aromatic rings. The molecule has 3 nitrogen and oxygen atoms in total. The number of carbonyl (C=O) groups is 1. The minimum Gasteiger partial charge on any atom is -0.481 e. The zero-order valence-electron chi connectivity index (χ0n) is 9.47. The van der Waals surface area contributed by atoms with Gasteiger partial charge >= 0.3 is 5.97 Å². The molecule has 1 aromatic carbocycles. The van der Waals surface area contributed by atoms with Crippen LogP contribution in [0.2, 0.25) is 0 Å². The third-order valence-electron chi connectivity index (χ3n) is 3.40. The van der Waals surface area contributed by atoms with Crippen LogP contribution in [-0.2, 0) is 4.79 Å². The molecule has 1 aliphatic heterocycles. The summed E-state index contributed by atoms with van der Waals surface area (Å²) in [6, 6.07) is 10.6. The van der Waals surface area contributed by atoms with Crippen LogP contribution in [0.15, 0.2) is 30.3 Å².